The molecule has 5 heteroatoms. The lowest BCUT2D eigenvalue weighted by Gasteiger charge is -2.37. The summed E-state index contributed by atoms with van der Waals surface area (Å²) in [4.78, 5) is 4.27. The monoisotopic (exact) mass is 284 g/mol. The minimum absolute atomic E-state index is 0.124. The van der Waals surface area contributed by atoms with Crippen LogP contribution in [0.2, 0.25) is 0 Å². The number of nitrogens with zero attached hydrogens (tertiary/aromatic N) is 2. The number of nitrogens with two attached hydrogens (primary N) is 1. The summed E-state index contributed by atoms with van der Waals surface area (Å²) in [5, 5.41) is 7.69. The normalized spacial score (nSPS) is 14.0. The SMILES string of the molecule is CN1CCN(c2ccc(F)cc2C(=N)N)c2ccccc21. The van der Waals surface area contributed by atoms with E-state index in [4.69, 9.17) is 11.1 Å². The van der Waals surface area contributed by atoms with Crippen LogP contribution < -0.4 is 15.5 Å². The van der Waals surface area contributed by atoms with E-state index < -0.39 is 0 Å². The van der Waals surface area contributed by atoms with Crippen LogP contribution in [0.25, 0.3) is 0 Å². The van der Waals surface area contributed by atoms with E-state index >= 15 is 0 Å². The fourth-order valence-corrected chi connectivity index (χ4v) is 2.72. The summed E-state index contributed by atoms with van der Waals surface area (Å²) in [7, 11) is 2.05. The number of halogens is 1. The second kappa shape index (κ2) is 5.09. The van der Waals surface area contributed by atoms with Crippen LogP contribution in [-0.4, -0.2) is 26.0 Å². The molecule has 0 bridgehead atoms. The highest BCUT2D eigenvalue weighted by Gasteiger charge is 2.23. The van der Waals surface area contributed by atoms with Crippen LogP contribution in [0.3, 0.4) is 0 Å². The van der Waals surface area contributed by atoms with E-state index in [0.717, 1.165) is 30.2 Å². The van der Waals surface area contributed by atoms with Crippen molar-refractivity contribution in [2.24, 2.45) is 5.73 Å². The molecule has 3 N–H and O–H groups in total. The fraction of sp³-hybridized carbons (Fsp3) is 0.188. The van der Waals surface area contributed by atoms with Gasteiger partial charge in [0.25, 0.3) is 0 Å². The number of likely N-dealkylation sites (N-methyl/N-ethyl adjacent to an activating group) is 1. The van der Waals surface area contributed by atoms with Crippen molar-refractivity contribution in [1.29, 1.82) is 5.41 Å². The number of hydrogen-bond acceptors (Lipinski definition) is 3. The highest BCUT2D eigenvalue weighted by atomic mass is 19.1. The van der Waals surface area contributed by atoms with Crippen molar-refractivity contribution >= 4 is 22.9 Å². The summed E-state index contributed by atoms with van der Waals surface area (Å²) in [6.07, 6.45) is 0. The van der Waals surface area contributed by atoms with E-state index in [9.17, 15) is 4.39 Å². The first-order chi connectivity index (χ1) is 10.1. The summed E-state index contributed by atoms with van der Waals surface area (Å²) >= 11 is 0. The van der Waals surface area contributed by atoms with E-state index in [1.54, 1.807) is 6.07 Å². The lowest BCUT2D eigenvalue weighted by atomic mass is 10.1. The molecule has 1 aliphatic heterocycles. The van der Waals surface area contributed by atoms with Crippen molar-refractivity contribution in [1.82, 2.24) is 0 Å². The molecule has 0 fully saturated rings. The van der Waals surface area contributed by atoms with Gasteiger partial charge in [0.05, 0.1) is 17.1 Å². The van der Waals surface area contributed by atoms with Crippen LogP contribution in [0.5, 0.6) is 0 Å². The summed E-state index contributed by atoms with van der Waals surface area (Å²) in [5.74, 6) is -0.507. The van der Waals surface area contributed by atoms with Gasteiger partial charge in [-0.2, -0.15) is 0 Å². The fourth-order valence-electron chi connectivity index (χ4n) is 2.72. The van der Waals surface area contributed by atoms with Crippen molar-refractivity contribution in [2.75, 3.05) is 29.9 Å². The quantitative estimate of drug-likeness (QED) is 0.658. The Bertz CT molecular complexity index is 698. The molecule has 0 amide bonds. The Labute approximate surface area is 123 Å². The number of fused-ring (bicyclic) bond motifs is 1. The first kappa shape index (κ1) is 13.4. The number of hydrogen-bond donors (Lipinski definition) is 2. The lowest BCUT2D eigenvalue weighted by molar-refractivity contribution is 0.627. The molecule has 0 aromatic heterocycles. The zero-order chi connectivity index (χ0) is 15.0. The summed E-state index contributed by atoms with van der Waals surface area (Å²) in [6, 6.07) is 12.5. The molecular formula is C16H17FN4. The molecule has 4 nitrogen and oxygen atoms in total. The maximum absolute atomic E-state index is 13.5. The number of rotatable bonds is 2. The van der Waals surface area contributed by atoms with E-state index in [-0.39, 0.29) is 11.7 Å². The predicted molar refractivity (Wildman–Crippen MR) is 84.1 cm³/mol. The largest absolute Gasteiger partial charge is 0.384 e. The third-order valence-electron chi connectivity index (χ3n) is 3.78. The minimum Gasteiger partial charge on any atom is -0.384 e. The summed E-state index contributed by atoms with van der Waals surface area (Å²) in [5.41, 5.74) is 8.97. The van der Waals surface area contributed by atoms with Gasteiger partial charge < -0.3 is 15.5 Å². The molecule has 2 aromatic carbocycles. The third-order valence-corrected chi connectivity index (χ3v) is 3.78. The Morgan fingerprint density at radius 2 is 1.81 bits per heavy atom. The van der Waals surface area contributed by atoms with Crippen LogP contribution in [0, 0.1) is 11.2 Å². The van der Waals surface area contributed by atoms with Crippen molar-refractivity contribution in [3.8, 4) is 0 Å². The number of benzene rings is 2. The Morgan fingerprint density at radius 3 is 2.52 bits per heavy atom. The Balaban J connectivity index is 2.14. The van der Waals surface area contributed by atoms with Gasteiger partial charge in [-0.1, -0.05) is 12.1 Å². The van der Waals surface area contributed by atoms with E-state index in [2.05, 4.69) is 15.9 Å². The van der Waals surface area contributed by atoms with Gasteiger partial charge in [-0.05, 0) is 30.3 Å². The molecule has 108 valence electrons. The Kier molecular flexibility index (Phi) is 3.25. The van der Waals surface area contributed by atoms with Gasteiger partial charge in [-0.15, -0.1) is 0 Å². The average molecular weight is 284 g/mol. The molecule has 0 saturated carbocycles. The maximum Gasteiger partial charge on any atom is 0.125 e. The van der Waals surface area contributed by atoms with Gasteiger partial charge in [-0.25, -0.2) is 4.39 Å². The molecule has 3 rings (SSSR count). The van der Waals surface area contributed by atoms with Crippen LogP contribution in [0.4, 0.5) is 21.5 Å². The van der Waals surface area contributed by atoms with Gasteiger partial charge in [0.15, 0.2) is 0 Å². The first-order valence-corrected chi connectivity index (χ1v) is 6.79. The van der Waals surface area contributed by atoms with Crippen molar-refractivity contribution in [3.63, 3.8) is 0 Å². The molecular weight excluding hydrogens is 267 g/mol. The second-order valence-corrected chi connectivity index (χ2v) is 5.14. The standard InChI is InChI=1S/C16H17FN4/c1-20-8-9-21(15-5-3-2-4-14(15)20)13-7-6-11(17)10-12(13)16(18)19/h2-7,10H,8-9H2,1H3,(H3,18,19). The van der Waals surface area contributed by atoms with Gasteiger partial charge in [-0.3, -0.25) is 5.41 Å². The number of nitrogen functional groups attached to an aromatic ring is 1. The van der Waals surface area contributed by atoms with Crippen LogP contribution in [0.15, 0.2) is 42.5 Å². The topological polar surface area (TPSA) is 56.4 Å². The maximum atomic E-state index is 13.5. The van der Waals surface area contributed by atoms with Gasteiger partial charge in [0, 0.05) is 25.7 Å². The molecule has 0 atom stereocenters. The zero-order valence-electron chi connectivity index (χ0n) is 11.8. The van der Waals surface area contributed by atoms with Gasteiger partial charge in [0.2, 0.25) is 0 Å². The molecule has 0 unspecified atom stereocenters. The van der Waals surface area contributed by atoms with Crippen LogP contribution in [0.1, 0.15) is 5.56 Å². The van der Waals surface area contributed by atoms with Crippen molar-refractivity contribution in [3.05, 3.63) is 53.8 Å². The summed E-state index contributed by atoms with van der Waals surface area (Å²) < 4.78 is 13.5. The number of nitrogens with one attached hydrogen (secondary N) is 1. The summed E-state index contributed by atoms with van der Waals surface area (Å²) in [6.45, 7) is 1.62. The lowest BCUT2D eigenvalue weighted by Crippen LogP contribution is -2.37. The molecule has 0 radical (unpaired) electrons. The Hall–Kier alpha value is -2.56. The average Bonchev–Trinajstić information content (AvgIpc) is 2.48. The molecule has 21 heavy (non-hydrogen) atoms. The van der Waals surface area contributed by atoms with Crippen LogP contribution in [-0.2, 0) is 0 Å². The molecule has 1 heterocycles. The van der Waals surface area contributed by atoms with Crippen molar-refractivity contribution in [2.45, 2.75) is 0 Å². The number of para-hydroxylation sites is 2. The smallest absolute Gasteiger partial charge is 0.125 e. The highest BCUT2D eigenvalue weighted by molar-refractivity contribution is 6.02. The third kappa shape index (κ3) is 2.31. The number of amidine groups is 1. The van der Waals surface area contributed by atoms with E-state index in [1.165, 1.54) is 12.1 Å². The molecule has 0 saturated heterocycles. The number of anilines is 3. The van der Waals surface area contributed by atoms with Crippen LogP contribution >= 0.6 is 0 Å². The zero-order valence-corrected chi connectivity index (χ0v) is 11.8. The first-order valence-electron chi connectivity index (χ1n) is 6.79. The molecule has 1 aliphatic rings. The Morgan fingerprint density at radius 1 is 1.10 bits per heavy atom. The highest BCUT2D eigenvalue weighted by Crippen LogP contribution is 2.38. The molecule has 0 aliphatic carbocycles. The second-order valence-electron chi connectivity index (χ2n) is 5.14. The molecule has 0 spiro atoms. The van der Waals surface area contributed by atoms with E-state index in [1.807, 2.05) is 25.2 Å². The van der Waals surface area contributed by atoms with Crippen molar-refractivity contribution < 1.29 is 4.39 Å². The van der Waals surface area contributed by atoms with Gasteiger partial charge in [0.1, 0.15) is 11.7 Å². The van der Waals surface area contributed by atoms with Gasteiger partial charge >= 0.3 is 0 Å². The minimum atomic E-state index is -0.383. The predicted octanol–water partition coefficient (Wildman–Crippen LogP) is 2.70. The van der Waals surface area contributed by atoms with E-state index in [0.29, 0.717) is 5.56 Å². The molecule has 2 aromatic rings.